The van der Waals surface area contributed by atoms with Gasteiger partial charge in [0.15, 0.2) is 0 Å². The minimum Gasteiger partial charge on any atom is -0.384 e. The third-order valence-electron chi connectivity index (χ3n) is 4.60. The van der Waals surface area contributed by atoms with Crippen LogP contribution in [-0.4, -0.2) is 48.5 Å². The number of nitrogens with one attached hydrogen (secondary N) is 1. The minimum atomic E-state index is -0.235. The van der Waals surface area contributed by atoms with E-state index in [-0.39, 0.29) is 11.7 Å². The second-order valence-electron chi connectivity index (χ2n) is 6.47. The average Bonchev–Trinajstić information content (AvgIpc) is 2.69. The van der Waals surface area contributed by atoms with Crippen molar-refractivity contribution in [2.45, 2.75) is 19.8 Å². The van der Waals surface area contributed by atoms with Crippen LogP contribution in [-0.2, 0) is 0 Å². The summed E-state index contributed by atoms with van der Waals surface area (Å²) in [5, 5.41) is 3.30. The normalized spacial score (nSPS) is 14.4. The van der Waals surface area contributed by atoms with Crippen molar-refractivity contribution in [3.8, 4) is 0 Å². The Hall–Kier alpha value is -2.63. The fourth-order valence-corrected chi connectivity index (χ4v) is 3.02. The van der Waals surface area contributed by atoms with Crippen molar-refractivity contribution in [2.24, 2.45) is 0 Å². The maximum Gasteiger partial charge on any atom is 0.272 e. The zero-order valence-corrected chi connectivity index (χ0v) is 15.1. The maximum atomic E-state index is 13.0. The molecule has 0 aliphatic carbocycles. The predicted molar refractivity (Wildman–Crippen MR) is 102 cm³/mol. The van der Waals surface area contributed by atoms with Crippen LogP contribution in [0, 0.1) is 5.82 Å². The number of hydrogen-bond acceptors (Lipinski definition) is 4. The van der Waals surface area contributed by atoms with Gasteiger partial charge in [0.25, 0.3) is 5.91 Å². The standard InChI is InChI=1S/C20H25FN4O/c1-2-3-10-22-17-6-9-19(23-15-17)20(26)25-13-11-24(12-14-25)18-7-4-16(21)5-8-18/h4-9,15,22H,2-3,10-14H2,1H3. The monoisotopic (exact) mass is 356 g/mol. The smallest absolute Gasteiger partial charge is 0.272 e. The van der Waals surface area contributed by atoms with Crippen molar-refractivity contribution in [3.05, 3.63) is 54.1 Å². The van der Waals surface area contributed by atoms with E-state index in [2.05, 4.69) is 22.1 Å². The molecule has 0 atom stereocenters. The molecule has 1 aliphatic heterocycles. The van der Waals surface area contributed by atoms with E-state index in [4.69, 9.17) is 0 Å². The summed E-state index contributed by atoms with van der Waals surface area (Å²) in [5.74, 6) is -0.273. The van der Waals surface area contributed by atoms with Crippen LogP contribution in [0.2, 0.25) is 0 Å². The lowest BCUT2D eigenvalue weighted by atomic mass is 10.2. The van der Waals surface area contributed by atoms with Gasteiger partial charge in [-0.3, -0.25) is 4.79 Å². The SMILES string of the molecule is CCCCNc1ccc(C(=O)N2CCN(c3ccc(F)cc3)CC2)nc1. The number of halogens is 1. The Morgan fingerprint density at radius 3 is 2.46 bits per heavy atom. The van der Waals surface area contributed by atoms with Gasteiger partial charge in [-0.1, -0.05) is 13.3 Å². The Kier molecular flexibility index (Phi) is 6.04. The van der Waals surface area contributed by atoms with E-state index in [1.165, 1.54) is 12.1 Å². The summed E-state index contributed by atoms with van der Waals surface area (Å²) in [6.45, 7) is 5.79. The van der Waals surface area contributed by atoms with Crippen molar-refractivity contribution in [1.29, 1.82) is 0 Å². The number of rotatable bonds is 6. The number of benzene rings is 1. The number of nitrogens with zero attached hydrogens (tertiary/aromatic N) is 3. The fraction of sp³-hybridized carbons (Fsp3) is 0.400. The number of unbranched alkanes of at least 4 members (excludes halogenated alkanes) is 1. The van der Waals surface area contributed by atoms with Crippen LogP contribution in [0.15, 0.2) is 42.6 Å². The lowest BCUT2D eigenvalue weighted by Gasteiger charge is -2.36. The maximum absolute atomic E-state index is 13.0. The van der Waals surface area contributed by atoms with Crippen molar-refractivity contribution >= 4 is 17.3 Å². The summed E-state index contributed by atoms with van der Waals surface area (Å²) < 4.78 is 13.0. The van der Waals surface area contributed by atoms with Crippen LogP contribution in [0.5, 0.6) is 0 Å². The molecular formula is C20H25FN4O. The second kappa shape index (κ2) is 8.65. The van der Waals surface area contributed by atoms with Gasteiger partial charge >= 0.3 is 0 Å². The molecule has 0 radical (unpaired) electrons. The molecule has 1 N–H and O–H groups in total. The summed E-state index contributed by atoms with van der Waals surface area (Å²) in [6, 6.07) is 10.2. The molecule has 1 saturated heterocycles. The van der Waals surface area contributed by atoms with Gasteiger partial charge < -0.3 is 15.1 Å². The molecule has 1 aromatic heterocycles. The Bertz CT molecular complexity index is 710. The van der Waals surface area contributed by atoms with Gasteiger partial charge in [0.2, 0.25) is 0 Å². The molecule has 0 bridgehead atoms. The minimum absolute atomic E-state index is 0.0381. The zero-order chi connectivity index (χ0) is 18.4. The van der Waals surface area contributed by atoms with E-state index in [9.17, 15) is 9.18 Å². The van der Waals surface area contributed by atoms with Gasteiger partial charge in [-0.05, 0) is 42.8 Å². The third kappa shape index (κ3) is 4.50. The van der Waals surface area contributed by atoms with Crippen LogP contribution in [0.3, 0.4) is 0 Å². The van der Waals surface area contributed by atoms with Crippen LogP contribution >= 0.6 is 0 Å². The van der Waals surface area contributed by atoms with E-state index < -0.39 is 0 Å². The number of carbonyl (C=O) groups is 1. The molecule has 6 heteroatoms. The Morgan fingerprint density at radius 2 is 1.85 bits per heavy atom. The molecule has 138 valence electrons. The van der Waals surface area contributed by atoms with E-state index in [1.807, 2.05) is 11.0 Å². The molecule has 1 aliphatic rings. The van der Waals surface area contributed by atoms with Crippen molar-refractivity contribution < 1.29 is 9.18 Å². The van der Waals surface area contributed by atoms with Crippen LogP contribution < -0.4 is 10.2 Å². The number of amides is 1. The third-order valence-corrected chi connectivity index (χ3v) is 4.60. The van der Waals surface area contributed by atoms with Crippen molar-refractivity contribution in [3.63, 3.8) is 0 Å². The fourth-order valence-electron chi connectivity index (χ4n) is 3.02. The highest BCUT2D eigenvalue weighted by Gasteiger charge is 2.23. The highest BCUT2D eigenvalue weighted by molar-refractivity contribution is 5.92. The van der Waals surface area contributed by atoms with Gasteiger partial charge in [-0.15, -0.1) is 0 Å². The topological polar surface area (TPSA) is 48.5 Å². The molecule has 2 aromatic rings. The number of piperazine rings is 1. The van der Waals surface area contributed by atoms with Gasteiger partial charge in [-0.25, -0.2) is 9.37 Å². The van der Waals surface area contributed by atoms with E-state index in [0.29, 0.717) is 18.8 Å². The Morgan fingerprint density at radius 1 is 1.12 bits per heavy atom. The molecule has 5 nitrogen and oxygen atoms in total. The summed E-state index contributed by atoms with van der Waals surface area (Å²) in [5.41, 5.74) is 2.40. The molecule has 1 aromatic carbocycles. The number of anilines is 2. The van der Waals surface area contributed by atoms with Crippen LogP contribution in [0.1, 0.15) is 30.3 Å². The van der Waals surface area contributed by atoms with Crippen LogP contribution in [0.25, 0.3) is 0 Å². The second-order valence-corrected chi connectivity index (χ2v) is 6.47. The Balaban J connectivity index is 1.53. The molecular weight excluding hydrogens is 331 g/mol. The first kappa shape index (κ1) is 18.2. The summed E-state index contributed by atoms with van der Waals surface area (Å²) in [4.78, 5) is 20.9. The predicted octanol–water partition coefficient (Wildman–Crippen LogP) is 3.40. The van der Waals surface area contributed by atoms with Crippen molar-refractivity contribution in [1.82, 2.24) is 9.88 Å². The number of aromatic nitrogens is 1. The first-order chi connectivity index (χ1) is 12.7. The van der Waals surface area contributed by atoms with E-state index >= 15 is 0 Å². The highest BCUT2D eigenvalue weighted by atomic mass is 19.1. The molecule has 26 heavy (non-hydrogen) atoms. The summed E-state index contributed by atoms with van der Waals surface area (Å²) in [6.07, 6.45) is 3.97. The number of pyridine rings is 1. The molecule has 0 saturated carbocycles. The summed E-state index contributed by atoms with van der Waals surface area (Å²) in [7, 11) is 0. The van der Waals surface area contributed by atoms with E-state index in [1.54, 1.807) is 24.4 Å². The van der Waals surface area contributed by atoms with Gasteiger partial charge in [0, 0.05) is 38.4 Å². The molecule has 1 fully saturated rings. The largest absolute Gasteiger partial charge is 0.384 e. The summed E-state index contributed by atoms with van der Waals surface area (Å²) >= 11 is 0. The molecule has 2 heterocycles. The van der Waals surface area contributed by atoms with Gasteiger partial charge in [0.05, 0.1) is 11.9 Å². The van der Waals surface area contributed by atoms with Crippen molar-refractivity contribution in [2.75, 3.05) is 42.9 Å². The molecule has 0 spiro atoms. The lowest BCUT2D eigenvalue weighted by Crippen LogP contribution is -2.49. The van der Waals surface area contributed by atoms with E-state index in [0.717, 1.165) is 43.9 Å². The zero-order valence-electron chi connectivity index (χ0n) is 15.1. The quantitative estimate of drug-likeness (QED) is 0.806. The molecule has 3 rings (SSSR count). The first-order valence-corrected chi connectivity index (χ1v) is 9.17. The number of carbonyl (C=O) groups excluding carboxylic acids is 1. The average molecular weight is 356 g/mol. The Labute approximate surface area is 153 Å². The van der Waals surface area contributed by atoms with Gasteiger partial charge in [0.1, 0.15) is 11.5 Å². The molecule has 1 amide bonds. The van der Waals surface area contributed by atoms with Crippen LogP contribution in [0.4, 0.5) is 15.8 Å². The van der Waals surface area contributed by atoms with Gasteiger partial charge in [-0.2, -0.15) is 0 Å². The number of hydrogen-bond donors (Lipinski definition) is 1. The highest BCUT2D eigenvalue weighted by Crippen LogP contribution is 2.18. The lowest BCUT2D eigenvalue weighted by molar-refractivity contribution is 0.0741. The first-order valence-electron chi connectivity index (χ1n) is 9.17. The molecule has 0 unspecified atom stereocenters.